The van der Waals surface area contributed by atoms with Crippen molar-refractivity contribution in [2.75, 3.05) is 20.6 Å². The second-order valence-electron chi connectivity index (χ2n) is 6.16. The quantitative estimate of drug-likeness (QED) is 0.578. The largest absolute Gasteiger partial charge is 0.350 e. The maximum absolute atomic E-state index is 12.3. The molecule has 0 saturated carbocycles. The molecule has 0 radical (unpaired) electrons. The van der Waals surface area contributed by atoms with Gasteiger partial charge in [-0.2, -0.15) is 0 Å². The first-order valence-corrected chi connectivity index (χ1v) is 9.31. The van der Waals surface area contributed by atoms with Crippen molar-refractivity contribution in [3.05, 3.63) is 29.8 Å². The predicted octanol–water partition coefficient (Wildman–Crippen LogP) is -0.347. The minimum Gasteiger partial charge on any atom is -0.350 e. The van der Waals surface area contributed by atoms with Gasteiger partial charge < -0.3 is 16.4 Å². The number of nitrogens with one attached hydrogen (secondary N) is 2. The second-order valence-corrected chi connectivity index (χ2v) is 8.28. The normalized spacial score (nSPS) is 12.9. The second kappa shape index (κ2) is 8.93. The van der Waals surface area contributed by atoms with Crippen molar-refractivity contribution >= 4 is 21.8 Å². The molecule has 0 spiro atoms. The fourth-order valence-corrected chi connectivity index (χ4v) is 3.06. The Labute approximate surface area is 148 Å². The number of nitrogens with zero attached hydrogens (tertiary/aromatic N) is 1. The fraction of sp³-hybridized carbons (Fsp3) is 0.500. The summed E-state index contributed by atoms with van der Waals surface area (Å²) in [7, 11) is -0.721. The van der Waals surface area contributed by atoms with Gasteiger partial charge in [-0.1, -0.05) is 32.0 Å². The maximum atomic E-state index is 12.3. The van der Waals surface area contributed by atoms with Crippen LogP contribution in [-0.2, 0) is 26.2 Å². The number of sulfonamides is 1. The first-order valence-electron chi connectivity index (χ1n) is 7.87. The van der Waals surface area contributed by atoms with E-state index < -0.39 is 27.9 Å². The van der Waals surface area contributed by atoms with Crippen molar-refractivity contribution in [3.8, 4) is 0 Å². The predicted molar refractivity (Wildman–Crippen MR) is 95.0 cm³/mol. The van der Waals surface area contributed by atoms with Crippen LogP contribution in [0.2, 0.25) is 0 Å². The van der Waals surface area contributed by atoms with Gasteiger partial charge in [-0.15, -0.1) is 0 Å². The molecule has 0 aliphatic carbocycles. The molecule has 0 heterocycles. The molecule has 1 rings (SSSR count). The molecule has 0 aromatic heterocycles. The Morgan fingerprint density at radius 2 is 1.76 bits per heavy atom. The fourth-order valence-electron chi connectivity index (χ4n) is 1.94. The van der Waals surface area contributed by atoms with Gasteiger partial charge in [0, 0.05) is 20.6 Å². The number of nitrogens with two attached hydrogens (primary N) is 1. The third kappa shape index (κ3) is 5.80. The van der Waals surface area contributed by atoms with Gasteiger partial charge in [0.15, 0.2) is 0 Å². The van der Waals surface area contributed by atoms with Crippen LogP contribution in [0.1, 0.15) is 19.4 Å². The summed E-state index contributed by atoms with van der Waals surface area (Å²) in [6.45, 7) is 3.44. The zero-order valence-electron chi connectivity index (χ0n) is 14.9. The summed E-state index contributed by atoms with van der Waals surface area (Å²) in [5.41, 5.74) is 6.16. The van der Waals surface area contributed by atoms with E-state index in [4.69, 9.17) is 5.73 Å². The Bertz CT molecular complexity index is 717. The summed E-state index contributed by atoms with van der Waals surface area (Å²) in [4.78, 5) is 23.7. The van der Waals surface area contributed by atoms with Crippen LogP contribution < -0.4 is 16.4 Å². The molecule has 1 aromatic rings. The lowest BCUT2D eigenvalue weighted by Crippen LogP contribution is -2.47. The molecule has 9 heteroatoms. The molecule has 8 nitrogen and oxygen atoms in total. The smallest absolute Gasteiger partial charge is 0.242 e. The Hall–Kier alpha value is -1.97. The van der Waals surface area contributed by atoms with Crippen molar-refractivity contribution in [2.45, 2.75) is 31.3 Å². The van der Waals surface area contributed by atoms with Crippen molar-refractivity contribution in [3.63, 3.8) is 0 Å². The van der Waals surface area contributed by atoms with Gasteiger partial charge in [0.1, 0.15) is 0 Å². The molecule has 140 valence electrons. The van der Waals surface area contributed by atoms with Crippen LogP contribution in [0.4, 0.5) is 0 Å². The first kappa shape index (κ1) is 21.1. The number of carbonyl (C=O) groups is 2. The molecule has 25 heavy (non-hydrogen) atoms. The molecule has 1 atom stereocenters. The molecular formula is C16H26N4O4S. The van der Waals surface area contributed by atoms with Crippen molar-refractivity contribution in [1.82, 2.24) is 14.9 Å². The Morgan fingerprint density at radius 1 is 1.16 bits per heavy atom. The van der Waals surface area contributed by atoms with E-state index in [9.17, 15) is 18.0 Å². The molecule has 0 saturated heterocycles. The summed E-state index contributed by atoms with van der Waals surface area (Å²) in [6.07, 6.45) is 0. The average Bonchev–Trinajstić information content (AvgIpc) is 2.56. The number of rotatable bonds is 8. The zero-order chi connectivity index (χ0) is 19.2. The van der Waals surface area contributed by atoms with E-state index in [1.54, 1.807) is 18.2 Å². The Balaban J connectivity index is 2.68. The lowest BCUT2D eigenvalue weighted by atomic mass is 10.1. The van der Waals surface area contributed by atoms with E-state index in [1.165, 1.54) is 20.2 Å². The lowest BCUT2D eigenvalue weighted by Gasteiger charge is -2.16. The third-order valence-electron chi connectivity index (χ3n) is 3.65. The number of hydrogen-bond acceptors (Lipinski definition) is 5. The van der Waals surface area contributed by atoms with Crippen molar-refractivity contribution in [2.24, 2.45) is 11.7 Å². The number of hydrogen-bond donors (Lipinski definition) is 3. The first-order chi connectivity index (χ1) is 11.6. The van der Waals surface area contributed by atoms with Gasteiger partial charge in [0.05, 0.1) is 17.5 Å². The van der Waals surface area contributed by atoms with E-state index in [0.717, 1.165) is 4.31 Å². The van der Waals surface area contributed by atoms with E-state index in [-0.39, 0.29) is 23.9 Å². The standard InChI is InChI=1S/C16H26N4O4S/c1-11(2)15(17)16(22)19-10-14(21)18-9-12-7-5-6-8-13(12)25(23,24)20(3)4/h5-8,11,15H,9-10,17H2,1-4H3,(H,18,21)(H,19,22)/t15-/m0/s1. The van der Waals surface area contributed by atoms with Gasteiger partial charge in [-0.25, -0.2) is 12.7 Å². The zero-order valence-corrected chi connectivity index (χ0v) is 15.8. The van der Waals surface area contributed by atoms with Gasteiger partial charge >= 0.3 is 0 Å². The average molecular weight is 370 g/mol. The van der Waals surface area contributed by atoms with Crippen LogP contribution in [0, 0.1) is 5.92 Å². The van der Waals surface area contributed by atoms with Gasteiger partial charge in [0.2, 0.25) is 21.8 Å². The molecule has 0 aliphatic rings. The van der Waals surface area contributed by atoms with Crippen LogP contribution in [0.3, 0.4) is 0 Å². The van der Waals surface area contributed by atoms with Crippen LogP contribution in [0.5, 0.6) is 0 Å². The molecule has 0 fully saturated rings. The van der Waals surface area contributed by atoms with E-state index in [0.29, 0.717) is 5.56 Å². The highest BCUT2D eigenvalue weighted by atomic mass is 32.2. The summed E-state index contributed by atoms with van der Waals surface area (Å²) in [6, 6.07) is 5.75. The number of carbonyl (C=O) groups excluding carboxylic acids is 2. The maximum Gasteiger partial charge on any atom is 0.242 e. The highest BCUT2D eigenvalue weighted by Crippen LogP contribution is 2.18. The van der Waals surface area contributed by atoms with E-state index in [2.05, 4.69) is 10.6 Å². The summed E-state index contributed by atoms with van der Waals surface area (Å²) < 4.78 is 25.7. The molecule has 4 N–H and O–H groups in total. The molecule has 1 aromatic carbocycles. The van der Waals surface area contributed by atoms with E-state index >= 15 is 0 Å². The third-order valence-corrected chi connectivity index (χ3v) is 5.57. The topological polar surface area (TPSA) is 122 Å². The molecule has 0 bridgehead atoms. The van der Waals surface area contributed by atoms with Crippen molar-refractivity contribution < 1.29 is 18.0 Å². The minimum atomic E-state index is -3.61. The van der Waals surface area contributed by atoms with Gasteiger partial charge in [-0.3, -0.25) is 9.59 Å². The van der Waals surface area contributed by atoms with Gasteiger partial charge in [0.25, 0.3) is 0 Å². The van der Waals surface area contributed by atoms with Crippen molar-refractivity contribution in [1.29, 1.82) is 0 Å². The molecule has 0 aliphatic heterocycles. The minimum absolute atomic E-state index is 0.0359. The van der Waals surface area contributed by atoms with Crippen LogP contribution in [0.25, 0.3) is 0 Å². The summed E-state index contributed by atoms with van der Waals surface area (Å²) in [5.74, 6) is -0.867. The molecule has 2 amide bonds. The van der Waals surface area contributed by atoms with Crippen LogP contribution in [0.15, 0.2) is 29.2 Å². The van der Waals surface area contributed by atoms with Gasteiger partial charge in [-0.05, 0) is 17.5 Å². The summed E-state index contributed by atoms with van der Waals surface area (Å²) in [5, 5.41) is 5.06. The SMILES string of the molecule is CC(C)[C@H](N)C(=O)NCC(=O)NCc1ccccc1S(=O)(=O)N(C)C. The number of amides is 2. The highest BCUT2D eigenvalue weighted by Gasteiger charge is 2.21. The Kier molecular flexibility index (Phi) is 7.53. The van der Waals surface area contributed by atoms with Crippen LogP contribution >= 0.6 is 0 Å². The summed E-state index contributed by atoms with van der Waals surface area (Å²) >= 11 is 0. The molecule has 0 unspecified atom stereocenters. The Morgan fingerprint density at radius 3 is 2.32 bits per heavy atom. The number of benzene rings is 1. The van der Waals surface area contributed by atoms with Crippen LogP contribution in [-0.4, -0.2) is 51.2 Å². The monoisotopic (exact) mass is 370 g/mol. The van der Waals surface area contributed by atoms with E-state index in [1.807, 2.05) is 13.8 Å². The highest BCUT2D eigenvalue weighted by molar-refractivity contribution is 7.89. The lowest BCUT2D eigenvalue weighted by molar-refractivity contribution is -0.127. The molecular weight excluding hydrogens is 344 g/mol.